The molecule has 0 bridgehead atoms. The van der Waals surface area contributed by atoms with Crippen molar-refractivity contribution in [3.8, 4) is 0 Å². The molecule has 94 valence electrons. The highest BCUT2D eigenvalue weighted by Gasteiger charge is 2.36. The lowest BCUT2D eigenvalue weighted by Crippen LogP contribution is -2.43. The molecule has 0 radical (unpaired) electrons. The van der Waals surface area contributed by atoms with Crippen LogP contribution in [0.5, 0.6) is 0 Å². The van der Waals surface area contributed by atoms with Gasteiger partial charge in [0.25, 0.3) is 0 Å². The third kappa shape index (κ3) is 2.73. The summed E-state index contributed by atoms with van der Waals surface area (Å²) >= 11 is 4.83. The van der Waals surface area contributed by atoms with Gasteiger partial charge in [0.15, 0.2) is 0 Å². The first-order chi connectivity index (χ1) is 7.43. The van der Waals surface area contributed by atoms with Crippen LogP contribution in [0.3, 0.4) is 0 Å². The molecule has 6 heteroatoms. The minimum atomic E-state index is -3.33. The van der Waals surface area contributed by atoms with Gasteiger partial charge in [-0.1, -0.05) is 32.5 Å². The standard InChI is InChI=1S/C10H20N2O2S2/c1-3-8-5-6-12(7-8)16(13,14)9(4-2)10(11)15/h8-9H,3-7H2,1-2H3,(H2,11,15). The quantitative estimate of drug-likeness (QED) is 0.756. The van der Waals surface area contributed by atoms with Gasteiger partial charge in [0.1, 0.15) is 5.25 Å². The van der Waals surface area contributed by atoms with Crippen LogP contribution in [0.4, 0.5) is 0 Å². The van der Waals surface area contributed by atoms with Crippen molar-refractivity contribution in [2.24, 2.45) is 11.7 Å². The Bertz CT molecular complexity index is 354. The first-order valence-corrected chi connectivity index (χ1v) is 7.62. The summed E-state index contributed by atoms with van der Waals surface area (Å²) in [6, 6.07) is 0. The molecule has 2 unspecified atom stereocenters. The van der Waals surface area contributed by atoms with Gasteiger partial charge in [-0.15, -0.1) is 0 Å². The second kappa shape index (κ2) is 5.42. The second-order valence-corrected chi connectivity index (χ2v) is 6.85. The largest absolute Gasteiger partial charge is 0.392 e. The van der Waals surface area contributed by atoms with E-state index in [-0.39, 0.29) is 4.99 Å². The van der Waals surface area contributed by atoms with Crippen molar-refractivity contribution < 1.29 is 8.42 Å². The molecule has 1 rings (SSSR count). The summed E-state index contributed by atoms with van der Waals surface area (Å²) in [5.74, 6) is 0.485. The van der Waals surface area contributed by atoms with Crippen LogP contribution in [-0.4, -0.2) is 36.1 Å². The topological polar surface area (TPSA) is 63.4 Å². The molecule has 1 heterocycles. The number of sulfonamides is 1. The van der Waals surface area contributed by atoms with Crippen LogP contribution in [0, 0.1) is 5.92 Å². The van der Waals surface area contributed by atoms with Crippen molar-refractivity contribution in [1.82, 2.24) is 4.31 Å². The molecule has 0 amide bonds. The molecule has 1 fully saturated rings. The number of hydrogen-bond acceptors (Lipinski definition) is 3. The van der Waals surface area contributed by atoms with Gasteiger partial charge < -0.3 is 5.73 Å². The zero-order chi connectivity index (χ0) is 12.3. The average Bonchev–Trinajstić information content (AvgIpc) is 2.66. The lowest BCUT2D eigenvalue weighted by atomic mass is 10.1. The van der Waals surface area contributed by atoms with Crippen molar-refractivity contribution in [3.63, 3.8) is 0 Å². The van der Waals surface area contributed by atoms with Gasteiger partial charge in [0.2, 0.25) is 10.0 Å². The molecule has 0 aromatic carbocycles. The molecule has 0 saturated carbocycles. The lowest BCUT2D eigenvalue weighted by molar-refractivity contribution is 0.449. The second-order valence-electron chi connectivity index (χ2n) is 4.27. The maximum atomic E-state index is 12.2. The van der Waals surface area contributed by atoms with Crippen molar-refractivity contribution in [2.45, 2.75) is 38.4 Å². The highest BCUT2D eigenvalue weighted by Crippen LogP contribution is 2.24. The Morgan fingerprint density at radius 1 is 1.56 bits per heavy atom. The van der Waals surface area contributed by atoms with Crippen LogP contribution >= 0.6 is 12.2 Å². The third-order valence-corrected chi connectivity index (χ3v) is 6.03. The summed E-state index contributed by atoms with van der Waals surface area (Å²) < 4.78 is 26.0. The fourth-order valence-corrected chi connectivity index (χ4v) is 4.48. The predicted octanol–water partition coefficient (Wildman–Crippen LogP) is 1.11. The zero-order valence-electron chi connectivity index (χ0n) is 9.85. The van der Waals surface area contributed by atoms with Gasteiger partial charge >= 0.3 is 0 Å². The van der Waals surface area contributed by atoms with E-state index in [0.29, 0.717) is 25.4 Å². The minimum absolute atomic E-state index is 0.0856. The van der Waals surface area contributed by atoms with E-state index in [2.05, 4.69) is 6.92 Å². The van der Waals surface area contributed by atoms with Crippen LogP contribution in [0.25, 0.3) is 0 Å². The van der Waals surface area contributed by atoms with E-state index in [0.717, 1.165) is 12.8 Å². The Labute approximate surface area is 103 Å². The molecule has 1 aliphatic heterocycles. The zero-order valence-corrected chi connectivity index (χ0v) is 11.5. The molecule has 0 aromatic heterocycles. The van der Waals surface area contributed by atoms with Crippen LogP contribution < -0.4 is 5.73 Å². The fourth-order valence-electron chi connectivity index (χ4n) is 2.10. The predicted molar refractivity (Wildman–Crippen MR) is 69.8 cm³/mol. The molecule has 1 aliphatic rings. The molecule has 0 spiro atoms. The molecule has 2 atom stereocenters. The molecular weight excluding hydrogens is 244 g/mol. The highest BCUT2D eigenvalue weighted by molar-refractivity contribution is 7.92. The molecule has 1 saturated heterocycles. The Kier molecular flexibility index (Phi) is 4.70. The Hall–Kier alpha value is -0.200. The van der Waals surface area contributed by atoms with Gasteiger partial charge in [-0.2, -0.15) is 0 Å². The number of rotatable bonds is 5. The molecule has 16 heavy (non-hydrogen) atoms. The number of hydrogen-bond donors (Lipinski definition) is 1. The maximum Gasteiger partial charge on any atom is 0.223 e. The first kappa shape index (κ1) is 13.9. The van der Waals surface area contributed by atoms with E-state index in [1.54, 1.807) is 11.2 Å². The minimum Gasteiger partial charge on any atom is -0.392 e. The third-order valence-electron chi connectivity index (χ3n) is 3.23. The number of thiocarbonyl (C=S) groups is 1. The summed E-state index contributed by atoms with van der Waals surface area (Å²) in [6.45, 7) is 5.12. The van der Waals surface area contributed by atoms with Crippen LogP contribution in [0.1, 0.15) is 33.1 Å². The van der Waals surface area contributed by atoms with E-state index in [1.807, 2.05) is 0 Å². The molecule has 4 nitrogen and oxygen atoms in total. The Balaban J connectivity index is 2.82. The van der Waals surface area contributed by atoms with Crippen LogP contribution in [0.15, 0.2) is 0 Å². The SMILES string of the molecule is CCC1CCN(S(=O)(=O)C(CC)C(N)=S)C1. The molecule has 2 N–H and O–H groups in total. The molecular formula is C10H20N2O2S2. The van der Waals surface area contributed by atoms with E-state index in [4.69, 9.17) is 18.0 Å². The lowest BCUT2D eigenvalue weighted by Gasteiger charge is -2.22. The van der Waals surface area contributed by atoms with Crippen LogP contribution in [0.2, 0.25) is 0 Å². The molecule has 0 aromatic rings. The van der Waals surface area contributed by atoms with Crippen molar-refractivity contribution in [3.05, 3.63) is 0 Å². The van der Waals surface area contributed by atoms with Gasteiger partial charge in [-0.3, -0.25) is 0 Å². The van der Waals surface area contributed by atoms with Gasteiger partial charge in [0.05, 0.1) is 4.99 Å². The van der Waals surface area contributed by atoms with E-state index >= 15 is 0 Å². The fraction of sp³-hybridized carbons (Fsp3) is 0.900. The van der Waals surface area contributed by atoms with Crippen molar-refractivity contribution >= 4 is 27.2 Å². The molecule has 0 aliphatic carbocycles. The summed E-state index contributed by atoms with van der Waals surface area (Å²) in [7, 11) is -3.33. The van der Waals surface area contributed by atoms with Gasteiger partial charge in [0, 0.05) is 13.1 Å². The van der Waals surface area contributed by atoms with Gasteiger partial charge in [-0.05, 0) is 18.8 Å². The first-order valence-electron chi connectivity index (χ1n) is 5.71. The Morgan fingerprint density at radius 3 is 2.56 bits per heavy atom. The average molecular weight is 264 g/mol. The summed E-state index contributed by atoms with van der Waals surface area (Å²) in [5, 5.41) is -0.696. The highest BCUT2D eigenvalue weighted by atomic mass is 32.2. The van der Waals surface area contributed by atoms with E-state index in [9.17, 15) is 8.42 Å². The normalized spacial score (nSPS) is 24.5. The smallest absolute Gasteiger partial charge is 0.223 e. The van der Waals surface area contributed by atoms with Crippen molar-refractivity contribution in [1.29, 1.82) is 0 Å². The van der Waals surface area contributed by atoms with Crippen LogP contribution in [-0.2, 0) is 10.0 Å². The van der Waals surface area contributed by atoms with E-state index in [1.165, 1.54) is 0 Å². The number of nitrogens with zero attached hydrogens (tertiary/aromatic N) is 1. The van der Waals surface area contributed by atoms with E-state index < -0.39 is 15.3 Å². The van der Waals surface area contributed by atoms with Gasteiger partial charge in [-0.25, -0.2) is 12.7 Å². The summed E-state index contributed by atoms with van der Waals surface area (Å²) in [6.07, 6.45) is 2.42. The monoisotopic (exact) mass is 264 g/mol. The Morgan fingerprint density at radius 2 is 2.19 bits per heavy atom. The van der Waals surface area contributed by atoms with Crippen molar-refractivity contribution in [2.75, 3.05) is 13.1 Å². The maximum absolute atomic E-state index is 12.2. The number of nitrogens with two attached hydrogens (primary N) is 1. The summed E-state index contributed by atoms with van der Waals surface area (Å²) in [4.78, 5) is 0.0856. The summed E-state index contributed by atoms with van der Waals surface area (Å²) in [5.41, 5.74) is 5.49.